The number of sulfone groups is 1. The Morgan fingerprint density at radius 2 is 1.61 bits per heavy atom. The highest BCUT2D eigenvalue weighted by Gasteiger charge is 2.26. The van der Waals surface area contributed by atoms with Crippen LogP contribution in [-0.4, -0.2) is 29.6 Å². The first kappa shape index (κ1) is 19.2. The van der Waals surface area contributed by atoms with E-state index in [0.717, 1.165) is 48.5 Å². The Kier molecular flexibility index (Phi) is 5.30. The molecule has 0 spiro atoms. The molecular formula is C22H23ClN2O2S. The van der Waals surface area contributed by atoms with E-state index in [2.05, 4.69) is 16.7 Å². The van der Waals surface area contributed by atoms with Gasteiger partial charge in [-0.15, -0.1) is 11.6 Å². The standard InChI is InChI=1S/C22H23ClN2O2S/c1-28(26,27)20-13-11-19(12-14-20)25-15-21(16-5-3-2-4-6-16)24-22(25)17-7-9-18(23)10-8-17/h2-6,11-15,17-18H,7-10H2,1H3. The number of halogens is 1. The lowest BCUT2D eigenvalue weighted by Gasteiger charge is -2.25. The second kappa shape index (κ2) is 7.72. The number of alkyl halides is 1. The molecule has 28 heavy (non-hydrogen) atoms. The van der Waals surface area contributed by atoms with Crippen molar-refractivity contribution in [2.24, 2.45) is 0 Å². The first-order valence-electron chi connectivity index (χ1n) is 9.51. The molecule has 2 aromatic carbocycles. The van der Waals surface area contributed by atoms with Gasteiger partial charge in [0.25, 0.3) is 0 Å². The van der Waals surface area contributed by atoms with Gasteiger partial charge in [0.1, 0.15) is 5.82 Å². The lowest BCUT2D eigenvalue weighted by Crippen LogP contribution is -2.16. The molecule has 4 rings (SSSR count). The average Bonchev–Trinajstić information content (AvgIpc) is 3.14. The molecule has 0 unspecified atom stereocenters. The maximum Gasteiger partial charge on any atom is 0.175 e. The van der Waals surface area contributed by atoms with E-state index in [1.54, 1.807) is 12.1 Å². The number of hydrogen-bond donors (Lipinski definition) is 0. The topological polar surface area (TPSA) is 52.0 Å². The van der Waals surface area contributed by atoms with Crippen LogP contribution in [0.3, 0.4) is 0 Å². The first-order valence-corrected chi connectivity index (χ1v) is 11.8. The number of imidazole rings is 1. The zero-order valence-electron chi connectivity index (χ0n) is 15.8. The summed E-state index contributed by atoms with van der Waals surface area (Å²) in [5, 5.41) is 0.252. The fraction of sp³-hybridized carbons (Fsp3) is 0.318. The van der Waals surface area contributed by atoms with E-state index in [1.807, 2.05) is 36.5 Å². The van der Waals surface area contributed by atoms with Crippen LogP contribution in [0.4, 0.5) is 0 Å². The van der Waals surface area contributed by atoms with E-state index in [0.29, 0.717) is 10.8 Å². The molecule has 146 valence electrons. The molecule has 0 atom stereocenters. The zero-order valence-corrected chi connectivity index (χ0v) is 17.3. The van der Waals surface area contributed by atoms with Gasteiger partial charge >= 0.3 is 0 Å². The Morgan fingerprint density at radius 1 is 0.964 bits per heavy atom. The summed E-state index contributed by atoms with van der Waals surface area (Å²) in [6, 6.07) is 17.1. The van der Waals surface area contributed by atoms with Crippen LogP contribution in [0.2, 0.25) is 0 Å². The van der Waals surface area contributed by atoms with Crippen LogP contribution >= 0.6 is 11.6 Å². The maximum atomic E-state index is 11.8. The molecule has 1 fully saturated rings. The summed E-state index contributed by atoms with van der Waals surface area (Å²) in [7, 11) is -3.22. The Bertz CT molecular complexity index is 1050. The van der Waals surface area contributed by atoms with Gasteiger partial charge in [-0.05, 0) is 49.9 Å². The van der Waals surface area contributed by atoms with Gasteiger partial charge in [-0.2, -0.15) is 0 Å². The molecule has 0 amide bonds. The summed E-state index contributed by atoms with van der Waals surface area (Å²) in [5.41, 5.74) is 2.92. The fourth-order valence-corrected chi connectivity index (χ4v) is 4.68. The van der Waals surface area contributed by atoms with Crippen LogP contribution in [-0.2, 0) is 9.84 Å². The van der Waals surface area contributed by atoms with Crippen molar-refractivity contribution in [3.05, 3.63) is 66.6 Å². The quantitative estimate of drug-likeness (QED) is 0.551. The molecule has 1 aliphatic carbocycles. The summed E-state index contributed by atoms with van der Waals surface area (Å²) in [4.78, 5) is 5.30. The second-order valence-electron chi connectivity index (χ2n) is 7.44. The predicted octanol–water partition coefficient (Wildman–Crippen LogP) is 5.21. The van der Waals surface area contributed by atoms with E-state index in [4.69, 9.17) is 16.6 Å². The van der Waals surface area contributed by atoms with Crippen molar-refractivity contribution in [3.63, 3.8) is 0 Å². The Labute approximate surface area is 171 Å². The van der Waals surface area contributed by atoms with Crippen LogP contribution < -0.4 is 0 Å². The van der Waals surface area contributed by atoms with Crippen molar-refractivity contribution in [1.29, 1.82) is 0 Å². The smallest absolute Gasteiger partial charge is 0.175 e. The molecule has 0 radical (unpaired) electrons. The van der Waals surface area contributed by atoms with Crippen LogP contribution in [0, 0.1) is 0 Å². The molecule has 0 saturated heterocycles. The van der Waals surface area contributed by atoms with Gasteiger partial charge < -0.3 is 4.57 Å². The zero-order chi connectivity index (χ0) is 19.7. The predicted molar refractivity (Wildman–Crippen MR) is 113 cm³/mol. The highest BCUT2D eigenvalue weighted by molar-refractivity contribution is 7.90. The Hall–Kier alpha value is -2.11. The van der Waals surface area contributed by atoms with Crippen LogP contribution in [0.5, 0.6) is 0 Å². The van der Waals surface area contributed by atoms with E-state index < -0.39 is 9.84 Å². The lowest BCUT2D eigenvalue weighted by molar-refractivity contribution is 0.431. The second-order valence-corrected chi connectivity index (χ2v) is 10.1. The van der Waals surface area contributed by atoms with Gasteiger partial charge in [0, 0.05) is 35.0 Å². The van der Waals surface area contributed by atoms with Gasteiger partial charge in [0.2, 0.25) is 0 Å². The molecule has 1 aromatic heterocycles. The minimum atomic E-state index is -3.22. The van der Waals surface area contributed by atoms with E-state index in [-0.39, 0.29) is 5.38 Å². The Morgan fingerprint density at radius 3 is 2.21 bits per heavy atom. The first-order chi connectivity index (χ1) is 13.4. The molecule has 1 saturated carbocycles. The molecule has 0 N–H and O–H groups in total. The number of nitrogens with zero attached hydrogens (tertiary/aromatic N) is 2. The summed E-state index contributed by atoms with van der Waals surface area (Å²) in [5.74, 6) is 1.37. The van der Waals surface area contributed by atoms with Gasteiger partial charge in [0.15, 0.2) is 9.84 Å². The van der Waals surface area contributed by atoms with Crippen molar-refractivity contribution in [1.82, 2.24) is 9.55 Å². The largest absolute Gasteiger partial charge is 0.303 e. The van der Waals surface area contributed by atoms with Crippen molar-refractivity contribution >= 4 is 21.4 Å². The number of benzene rings is 2. The molecular weight excluding hydrogens is 392 g/mol. The van der Waals surface area contributed by atoms with Crippen molar-refractivity contribution in [3.8, 4) is 16.9 Å². The van der Waals surface area contributed by atoms with E-state index in [9.17, 15) is 8.42 Å². The van der Waals surface area contributed by atoms with Crippen LogP contribution in [0.1, 0.15) is 37.4 Å². The normalized spacial score (nSPS) is 20.2. The fourth-order valence-electron chi connectivity index (χ4n) is 3.80. The minimum absolute atomic E-state index is 0.252. The molecule has 6 heteroatoms. The molecule has 0 bridgehead atoms. The summed E-state index contributed by atoms with van der Waals surface area (Å²) >= 11 is 6.30. The van der Waals surface area contributed by atoms with Gasteiger partial charge in [0.05, 0.1) is 10.6 Å². The summed E-state index contributed by atoms with van der Waals surface area (Å²) in [6.07, 6.45) is 7.29. The highest BCUT2D eigenvalue weighted by atomic mass is 35.5. The Balaban J connectivity index is 1.77. The molecule has 3 aromatic rings. The third-order valence-electron chi connectivity index (χ3n) is 5.37. The third kappa shape index (κ3) is 4.01. The number of aromatic nitrogens is 2. The van der Waals surface area contributed by atoms with Crippen molar-refractivity contribution in [2.45, 2.75) is 41.9 Å². The molecule has 0 aliphatic heterocycles. The van der Waals surface area contributed by atoms with Crippen LogP contribution in [0.15, 0.2) is 65.7 Å². The highest BCUT2D eigenvalue weighted by Crippen LogP contribution is 2.36. The SMILES string of the molecule is CS(=O)(=O)c1ccc(-n2cc(-c3ccccc3)nc2C2CCC(Cl)CC2)cc1. The summed E-state index contributed by atoms with van der Waals surface area (Å²) in [6.45, 7) is 0. The van der Waals surface area contributed by atoms with E-state index >= 15 is 0 Å². The van der Waals surface area contributed by atoms with Gasteiger partial charge in [-0.25, -0.2) is 13.4 Å². The average molecular weight is 415 g/mol. The maximum absolute atomic E-state index is 11.8. The van der Waals surface area contributed by atoms with Gasteiger partial charge in [-0.1, -0.05) is 30.3 Å². The molecule has 1 aliphatic rings. The van der Waals surface area contributed by atoms with Gasteiger partial charge in [-0.3, -0.25) is 0 Å². The monoisotopic (exact) mass is 414 g/mol. The number of rotatable bonds is 4. The molecule has 4 nitrogen and oxygen atoms in total. The van der Waals surface area contributed by atoms with E-state index in [1.165, 1.54) is 6.26 Å². The number of hydrogen-bond acceptors (Lipinski definition) is 3. The third-order valence-corrected chi connectivity index (χ3v) is 6.93. The summed E-state index contributed by atoms with van der Waals surface area (Å²) < 4.78 is 25.7. The lowest BCUT2D eigenvalue weighted by atomic mass is 9.88. The van der Waals surface area contributed by atoms with Crippen LogP contribution in [0.25, 0.3) is 16.9 Å². The minimum Gasteiger partial charge on any atom is -0.303 e. The van der Waals surface area contributed by atoms with Crippen molar-refractivity contribution < 1.29 is 8.42 Å². The molecule has 1 heterocycles. The van der Waals surface area contributed by atoms with Crippen molar-refractivity contribution in [2.75, 3.05) is 6.26 Å².